The summed E-state index contributed by atoms with van der Waals surface area (Å²) in [7, 11) is 0. The summed E-state index contributed by atoms with van der Waals surface area (Å²) < 4.78 is 0. The van der Waals surface area contributed by atoms with E-state index in [9.17, 15) is 4.79 Å². The summed E-state index contributed by atoms with van der Waals surface area (Å²) in [5.74, 6) is -0.849. The van der Waals surface area contributed by atoms with Gasteiger partial charge in [0.05, 0.1) is 5.69 Å². The van der Waals surface area contributed by atoms with E-state index >= 15 is 0 Å². The van der Waals surface area contributed by atoms with Crippen molar-refractivity contribution in [3.63, 3.8) is 0 Å². The Hall–Kier alpha value is -1.24. The average molecular weight is 268 g/mol. The number of carboxylic acid groups (broad SMARTS) is 1. The van der Waals surface area contributed by atoms with E-state index in [1.807, 2.05) is 16.8 Å². The molecule has 0 saturated heterocycles. The van der Waals surface area contributed by atoms with Gasteiger partial charge in [0.2, 0.25) is 0 Å². The van der Waals surface area contributed by atoms with E-state index in [4.69, 9.17) is 5.11 Å². The zero-order valence-corrected chi connectivity index (χ0v) is 10.8. The Balaban J connectivity index is 1.97. The molecule has 0 radical (unpaired) electrons. The largest absolute Gasteiger partial charge is 0.480 e. The van der Waals surface area contributed by atoms with Gasteiger partial charge in [-0.1, -0.05) is 0 Å². The van der Waals surface area contributed by atoms with E-state index in [2.05, 4.69) is 15.7 Å². The SMILES string of the molecule is C[C@@H](NCc1csc(-c2ccsc2)n1)C(=O)O. The van der Waals surface area contributed by atoms with Crippen LogP contribution in [0.1, 0.15) is 12.6 Å². The lowest BCUT2D eigenvalue weighted by Crippen LogP contribution is -2.33. The summed E-state index contributed by atoms with van der Waals surface area (Å²) in [4.78, 5) is 15.1. The van der Waals surface area contributed by atoms with Crippen molar-refractivity contribution < 1.29 is 9.90 Å². The van der Waals surface area contributed by atoms with Crippen LogP contribution in [0, 0.1) is 0 Å². The Morgan fingerprint density at radius 3 is 3.06 bits per heavy atom. The van der Waals surface area contributed by atoms with Crippen molar-refractivity contribution in [3.05, 3.63) is 27.9 Å². The van der Waals surface area contributed by atoms with E-state index < -0.39 is 12.0 Å². The van der Waals surface area contributed by atoms with E-state index in [-0.39, 0.29) is 0 Å². The number of hydrogen-bond donors (Lipinski definition) is 2. The van der Waals surface area contributed by atoms with Gasteiger partial charge in [-0.3, -0.25) is 10.1 Å². The highest BCUT2D eigenvalue weighted by atomic mass is 32.1. The molecule has 17 heavy (non-hydrogen) atoms. The molecule has 0 amide bonds. The van der Waals surface area contributed by atoms with Crippen LogP contribution >= 0.6 is 22.7 Å². The molecule has 0 aliphatic rings. The molecule has 4 nitrogen and oxygen atoms in total. The second-order valence-corrected chi connectivity index (χ2v) is 5.23. The van der Waals surface area contributed by atoms with Crippen LogP contribution in [0.2, 0.25) is 0 Å². The first-order chi connectivity index (χ1) is 8.16. The van der Waals surface area contributed by atoms with Gasteiger partial charge in [0, 0.05) is 22.9 Å². The normalized spacial score (nSPS) is 12.5. The highest BCUT2D eigenvalue weighted by Gasteiger charge is 2.11. The van der Waals surface area contributed by atoms with Crippen LogP contribution in [-0.2, 0) is 11.3 Å². The van der Waals surface area contributed by atoms with Gasteiger partial charge in [-0.2, -0.15) is 11.3 Å². The van der Waals surface area contributed by atoms with Gasteiger partial charge < -0.3 is 5.11 Å². The second kappa shape index (κ2) is 5.39. The van der Waals surface area contributed by atoms with Crippen molar-refractivity contribution in [2.24, 2.45) is 0 Å². The fraction of sp³-hybridized carbons (Fsp3) is 0.273. The molecule has 1 atom stereocenters. The quantitative estimate of drug-likeness (QED) is 0.874. The van der Waals surface area contributed by atoms with Crippen molar-refractivity contribution in [1.29, 1.82) is 0 Å². The lowest BCUT2D eigenvalue weighted by Gasteiger charge is -2.06. The molecule has 0 aliphatic heterocycles. The minimum absolute atomic E-state index is 0.480. The molecule has 0 aromatic carbocycles. The molecular formula is C11H12N2O2S2. The summed E-state index contributed by atoms with van der Waals surface area (Å²) in [5, 5.41) is 18.6. The third-order valence-corrected chi connectivity index (χ3v) is 3.90. The lowest BCUT2D eigenvalue weighted by atomic mass is 10.3. The predicted molar refractivity (Wildman–Crippen MR) is 69.4 cm³/mol. The van der Waals surface area contributed by atoms with Crippen molar-refractivity contribution in [2.45, 2.75) is 19.5 Å². The minimum atomic E-state index is -0.849. The number of carboxylic acids is 1. The fourth-order valence-electron chi connectivity index (χ4n) is 1.25. The van der Waals surface area contributed by atoms with Gasteiger partial charge in [-0.25, -0.2) is 4.98 Å². The van der Waals surface area contributed by atoms with Gasteiger partial charge in [-0.05, 0) is 18.4 Å². The van der Waals surface area contributed by atoms with E-state index in [1.165, 1.54) is 0 Å². The van der Waals surface area contributed by atoms with Gasteiger partial charge in [0.1, 0.15) is 11.0 Å². The molecule has 2 N–H and O–H groups in total. The number of thiophene rings is 1. The van der Waals surface area contributed by atoms with Crippen LogP contribution in [0.5, 0.6) is 0 Å². The molecular weight excluding hydrogens is 256 g/mol. The first-order valence-electron chi connectivity index (χ1n) is 5.10. The number of thiazole rings is 1. The highest BCUT2D eigenvalue weighted by molar-refractivity contribution is 7.14. The number of rotatable bonds is 5. The summed E-state index contributed by atoms with van der Waals surface area (Å²) in [6.45, 7) is 2.10. The monoisotopic (exact) mass is 268 g/mol. The zero-order valence-electron chi connectivity index (χ0n) is 9.21. The molecule has 90 valence electrons. The number of aliphatic carboxylic acids is 1. The number of hydrogen-bond acceptors (Lipinski definition) is 5. The Bertz CT molecular complexity index is 493. The van der Waals surface area contributed by atoms with E-state index in [0.717, 1.165) is 16.3 Å². The Labute approximate surface area is 107 Å². The van der Waals surface area contributed by atoms with E-state index in [1.54, 1.807) is 29.6 Å². The topological polar surface area (TPSA) is 62.2 Å². The highest BCUT2D eigenvalue weighted by Crippen LogP contribution is 2.25. The second-order valence-electron chi connectivity index (χ2n) is 3.60. The van der Waals surface area contributed by atoms with Gasteiger partial charge in [0.15, 0.2) is 0 Å². The summed E-state index contributed by atoms with van der Waals surface area (Å²) in [6, 6.07) is 1.47. The molecule has 0 aliphatic carbocycles. The molecule has 0 bridgehead atoms. The smallest absolute Gasteiger partial charge is 0.320 e. The van der Waals surface area contributed by atoms with E-state index in [0.29, 0.717) is 6.54 Å². The third kappa shape index (κ3) is 3.12. The van der Waals surface area contributed by atoms with Crippen LogP contribution < -0.4 is 5.32 Å². The zero-order chi connectivity index (χ0) is 12.3. The van der Waals surface area contributed by atoms with Gasteiger partial charge >= 0.3 is 5.97 Å². The Morgan fingerprint density at radius 2 is 2.41 bits per heavy atom. The molecule has 2 aromatic rings. The van der Waals surface area contributed by atoms with Gasteiger partial charge in [0.25, 0.3) is 0 Å². The van der Waals surface area contributed by atoms with Crippen molar-refractivity contribution in [1.82, 2.24) is 10.3 Å². The van der Waals surface area contributed by atoms with Crippen molar-refractivity contribution in [2.75, 3.05) is 0 Å². The molecule has 6 heteroatoms. The number of nitrogens with one attached hydrogen (secondary N) is 1. The van der Waals surface area contributed by atoms with Crippen LogP contribution in [0.25, 0.3) is 10.6 Å². The number of aromatic nitrogens is 1. The Kier molecular flexibility index (Phi) is 3.88. The minimum Gasteiger partial charge on any atom is -0.480 e. The van der Waals surface area contributed by atoms with Crippen LogP contribution in [0.15, 0.2) is 22.2 Å². The third-order valence-electron chi connectivity index (χ3n) is 2.28. The van der Waals surface area contributed by atoms with Crippen LogP contribution in [-0.4, -0.2) is 22.1 Å². The first-order valence-corrected chi connectivity index (χ1v) is 6.92. The fourth-order valence-corrected chi connectivity index (χ4v) is 2.78. The molecule has 0 fully saturated rings. The average Bonchev–Trinajstić information content (AvgIpc) is 2.95. The lowest BCUT2D eigenvalue weighted by molar-refractivity contribution is -0.139. The van der Waals surface area contributed by atoms with Crippen LogP contribution in [0.3, 0.4) is 0 Å². The number of carbonyl (C=O) groups is 1. The van der Waals surface area contributed by atoms with Crippen molar-refractivity contribution in [3.8, 4) is 10.6 Å². The standard InChI is InChI=1S/C11H12N2O2S2/c1-7(11(14)15)12-4-9-6-17-10(13-9)8-2-3-16-5-8/h2-3,5-7,12H,4H2,1H3,(H,14,15)/t7-/m1/s1. The predicted octanol–water partition coefficient (Wildman–Crippen LogP) is 2.43. The maximum atomic E-state index is 10.6. The maximum absolute atomic E-state index is 10.6. The van der Waals surface area contributed by atoms with Crippen LogP contribution in [0.4, 0.5) is 0 Å². The molecule has 2 aromatic heterocycles. The van der Waals surface area contributed by atoms with Gasteiger partial charge in [-0.15, -0.1) is 11.3 Å². The summed E-state index contributed by atoms with van der Waals surface area (Å²) in [6.07, 6.45) is 0. The molecule has 2 heterocycles. The molecule has 2 rings (SSSR count). The molecule has 0 saturated carbocycles. The molecule has 0 unspecified atom stereocenters. The summed E-state index contributed by atoms with van der Waals surface area (Å²) in [5.41, 5.74) is 2.00. The van der Waals surface area contributed by atoms with Crippen molar-refractivity contribution >= 4 is 28.6 Å². The molecule has 0 spiro atoms. The first kappa shape index (κ1) is 12.2. The number of nitrogens with zero attached hydrogens (tertiary/aromatic N) is 1. The maximum Gasteiger partial charge on any atom is 0.320 e. The Morgan fingerprint density at radius 1 is 1.59 bits per heavy atom. The summed E-state index contributed by atoms with van der Waals surface area (Å²) >= 11 is 3.21.